The van der Waals surface area contributed by atoms with E-state index in [0.29, 0.717) is 50.9 Å². The Morgan fingerprint density at radius 2 is 1.25 bits per heavy atom. The van der Waals surface area contributed by atoms with Crippen molar-refractivity contribution in [3.05, 3.63) is 0 Å². The molecule has 560 valence electrons. The first kappa shape index (κ1) is 81.7. The Balaban J connectivity index is 1.41. The Labute approximate surface area is 589 Å². The number of hydrogen-bond donors (Lipinski definition) is 4. The van der Waals surface area contributed by atoms with E-state index < -0.39 is 173 Å². The SMILES string of the molecule is CCCCC[C@H]1C(=O)N[C@@H]([C@@H](C)CC)C(=O)N[C@@H](C)C(=O)N2CC[C@H]2C(=O)N(C)[C@@H](CC2CCC(C)CC2)C(=O)N(C)CC(=O)N[C@@H](CCC2CCC(C(F)(F)F)C(Cl)C2)C(=O)N2CCC[C@H]2C(=O)NC2(CCCC2)C(=O)N(C)[C@@H]([C@@H](C)CC)C(=O)N(C)[C@H](C(=O)N(C)C)CC(=O)N1C. The number of nitrogens with one attached hydrogen (secondary N) is 4. The number of carbonyl (C=O) groups excluding carboxylic acids is 12. The normalized spacial score (nSPS) is 31.6. The third kappa shape index (κ3) is 20.1. The average Bonchev–Trinajstić information content (AvgIpc) is 1.75. The van der Waals surface area contributed by atoms with Gasteiger partial charge in [0.15, 0.2) is 0 Å². The lowest BCUT2D eigenvalue weighted by atomic mass is 9.78. The van der Waals surface area contributed by atoms with Crippen LogP contribution in [0.3, 0.4) is 0 Å². The van der Waals surface area contributed by atoms with Gasteiger partial charge in [0.2, 0.25) is 70.9 Å². The number of unbranched alkanes of at least 4 members (excludes halogenated alkanes) is 2. The van der Waals surface area contributed by atoms with Crippen molar-refractivity contribution >= 4 is 82.5 Å². The van der Waals surface area contributed by atoms with E-state index in [4.69, 9.17) is 11.6 Å². The van der Waals surface area contributed by atoms with Crippen molar-refractivity contribution in [3.63, 3.8) is 0 Å². The lowest BCUT2D eigenvalue weighted by Gasteiger charge is -2.44. The summed E-state index contributed by atoms with van der Waals surface area (Å²) in [7, 11) is 10.1. The molecule has 6 fully saturated rings. The van der Waals surface area contributed by atoms with E-state index in [9.17, 15) is 46.7 Å². The topological polar surface area (TPSA) is 279 Å². The first-order valence-electron chi connectivity index (χ1n) is 36.6. The zero-order chi connectivity index (χ0) is 73.7. The molecule has 28 heteroatoms. The minimum Gasteiger partial charge on any atom is -0.347 e. The Morgan fingerprint density at radius 3 is 1.83 bits per heavy atom. The summed E-state index contributed by atoms with van der Waals surface area (Å²) in [6.45, 7) is 12.4. The van der Waals surface area contributed by atoms with Crippen molar-refractivity contribution in [3.8, 4) is 0 Å². The van der Waals surface area contributed by atoms with Crippen molar-refractivity contribution in [2.75, 3.05) is 69.0 Å². The summed E-state index contributed by atoms with van der Waals surface area (Å²) in [5, 5.41) is 10.3. The maximum atomic E-state index is 15.4. The third-order valence-corrected chi connectivity index (χ3v) is 23.3. The Hall–Kier alpha value is -6.28. The molecule has 6 rings (SSSR count). The zero-order valence-electron chi connectivity index (χ0n) is 61.3. The van der Waals surface area contributed by atoms with Crippen LogP contribution < -0.4 is 21.3 Å². The van der Waals surface area contributed by atoms with Gasteiger partial charge < -0.3 is 60.5 Å². The molecule has 12 amide bonds. The predicted molar refractivity (Wildman–Crippen MR) is 367 cm³/mol. The van der Waals surface area contributed by atoms with Crippen LogP contribution in [0.4, 0.5) is 13.2 Å². The van der Waals surface area contributed by atoms with Crippen molar-refractivity contribution in [2.24, 2.45) is 35.5 Å². The summed E-state index contributed by atoms with van der Waals surface area (Å²) >= 11 is 6.40. The predicted octanol–water partition coefficient (Wildman–Crippen LogP) is 6.00. The van der Waals surface area contributed by atoms with E-state index in [0.717, 1.165) is 37.0 Å². The molecule has 0 aromatic carbocycles. The van der Waals surface area contributed by atoms with Gasteiger partial charge in [-0.1, -0.05) is 112 Å². The highest BCUT2D eigenvalue weighted by Gasteiger charge is 2.52. The Kier molecular flexibility index (Phi) is 29.7. The van der Waals surface area contributed by atoms with Gasteiger partial charge in [0.1, 0.15) is 59.9 Å². The molecule has 6 aliphatic rings. The molecule has 0 bridgehead atoms. The molecule has 0 aromatic heterocycles. The van der Waals surface area contributed by atoms with Gasteiger partial charge in [-0.05, 0) is 114 Å². The number of alkyl halides is 4. The van der Waals surface area contributed by atoms with Gasteiger partial charge in [-0.3, -0.25) is 57.5 Å². The molecule has 0 radical (unpaired) electrons. The molecule has 1 spiro atoms. The van der Waals surface area contributed by atoms with Gasteiger partial charge in [0.25, 0.3) is 0 Å². The second-order valence-electron chi connectivity index (χ2n) is 30.1. The van der Waals surface area contributed by atoms with E-state index in [-0.39, 0.29) is 95.6 Å². The molecule has 0 aromatic rings. The molecule has 3 saturated carbocycles. The number of halogens is 4. The molecule has 14 atom stereocenters. The molecule has 4 N–H and O–H groups in total. The quantitative estimate of drug-likeness (QED) is 0.115. The number of fused-ring (bicyclic) bond motifs is 2. The van der Waals surface area contributed by atoms with E-state index >= 15 is 24.0 Å². The van der Waals surface area contributed by atoms with Crippen molar-refractivity contribution in [1.29, 1.82) is 0 Å². The monoisotopic (exact) mass is 1420 g/mol. The largest absolute Gasteiger partial charge is 0.393 e. The van der Waals surface area contributed by atoms with Crippen molar-refractivity contribution in [2.45, 2.75) is 274 Å². The minimum absolute atomic E-state index is 0.00179. The van der Waals surface area contributed by atoms with Crippen molar-refractivity contribution in [1.82, 2.24) is 60.5 Å². The van der Waals surface area contributed by atoms with Crippen molar-refractivity contribution < 1.29 is 70.7 Å². The summed E-state index contributed by atoms with van der Waals surface area (Å²) < 4.78 is 42.0. The Bertz CT molecular complexity index is 2880. The molecular formula is C71H116ClF3N12O12. The van der Waals surface area contributed by atoms with Crippen LogP contribution in [-0.4, -0.2) is 251 Å². The van der Waals surface area contributed by atoms with Gasteiger partial charge in [0.05, 0.1) is 18.9 Å². The number of rotatable bonds is 14. The summed E-state index contributed by atoms with van der Waals surface area (Å²) in [6.07, 6.45) is 3.54. The van der Waals surface area contributed by atoms with Crippen LogP contribution in [0, 0.1) is 35.5 Å². The lowest BCUT2D eigenvalue weighted by molar-refractivity contribution is -0.182. The van der Waals surface area contributed by atoms with Crippen LogP contribution >= 0.6 is 11.6 Å². The molecule has 3 aliphatic heterocycles. The van der Waals surface area contributed by atoms with Crippen LogP contribution in [0.2, 0.25) is 0 Å². The number of carbonyl (C=O) groups is 12. The van der Waals surface area contributed by atoms with E-state index in [1.807, 2.05) is 20.8 Å². The van der Waals surface area contributed by atoms with Crippen LogP contribution in [0.5, 0.6) is 0 Å². The summed E-state index contributed by atoms with van der Waals surface area (Å²) in [4.78, 5) is 188. The Morgan fingerprint density at radius 1 is 0.626 bits per heavy atom. The van der Waals surface area contributed by atoms with Gasteiger partial charge >= 0.3 is 6.18 Å². The van der Waals surface area contributed by atoms with Gasteiger partial charge in [-0.2, -0.15) is 13.2 Å². The highest BCUT2D eigenvalue weighted by molar-refractivity contribution is 6.21. The smallest absolute Gasteiger partial charge is 0.347 e. The number of hydrogen-bond acceptors (Lipinski definition) is 12. The number of nitrogens with zero attached hydrogens (tertiary/aromatic N) is 8. The van der Waals surface area contributed by atoms with Crippen LogP contribution in [0.1, 0.15) is 203 Å². The molecule has 3 aliphatic carbocycles. The first-order valence-corrected chi connectivity index (χ1v) is 37.0. The average molecular weight is 1420 g/mol. The minimum atomic E-state index is -4.51. The second-order valence-corrected chi connectivity index (χ2v) is 30.7. The highest BCUT2D eigenvalue weighted by atomic mass is 35.5. The molecule has 3 saturated heterocycles. The maximum absolute atomic E-state index is 15.4. The standard InChI is InChI=1S/C71H116ClF3N12O12/c1-15-18-19-23-51-60(90)78-58(43(5)16-2)62(92)76-45(7)63(93)87-37-33-53(87)67(97)83(12)54(39-47-27-25-42(4)26-28-47)66(96)81(10)41-56(88)77-50(32-30-46-29-31-48(49(72)38-46)71(73,74)75)64(94)86-36-22-24-52(86)61(91)79-70(34-20-21-35-70)69(99)85(14)59(44(6)17-3)68(98)84(13)55(65(95)80(8)9)40-57(89)82(51)11/h42-55,58-59H,15-41H2,1-14H3,(H,76,92)(H,77,88)(H,78,90)(H,79,91)/t42?,43-,44-,45-,46?,47?,48?,49?,50-,51-,52-,53-,54-,55-,58-,59-/m0/s1. The van der Waals surface area contributed by atoms with Gasteiger partial charge in [0, 0.05) is 67.8 Å². The molecule has 99 heavy (non-hydrogen) atoms. The lowest BCUT2D eigenvalue weighted by Crippen LogP contribution is -2.65. The summed E-state index contributed by atoms with van der Waals surface area (Å²) in [6, 6.07) is -10.9. The number of likely N-dealkylation sites (N-methyl/N-ethyl adjacent to an activating group) is 6. The van der Waals surface area contributed by atoms with Gasteiger partial charge in [-0.25, -0.2) is 0 Å². The fourth-order valence-electron chi connectivity index (χ4n) is 15.7. The van der Waals surface area contributed by atoms with E-state index in [2.05, 4.69) is 28.2 Å². The summed E-state index contributed by atoms with van der Waals surface area (Å²) in [5.41, 5.74) is -1.57. The van der Waals surface area contributed by atoms with Crippen LogP contribution in [0.15, 0.2) is 0 Å². The van der Waals surface area contributed by atoms with E-state index in [1.54, 1.807) is 13.8 Å². The van der Waals surface area contributed by atoms with Gasteiger partial charge in [-0.15, -0.1) is 11.6 Å². The molecular weight excluding hydrogens is 1310 g/mol. The third-order valence-electron chi connectivity index (χ3n) is 22.9. The van der Waals surface area contributed by atoms with Crippen LogP contribution in [0.25, 0.3) is 0 Å². The molecule has 24 nitrogen and oxygen atoms in total. The first-order chi connectivity index (χ1) is 46.5. The zero-order valence-corrected chi connectivity index (χ0v) is 62.1. The molecule has 3 unspecified atom stereocenters. The fourth-order valence-corrected chi connectivity index (χ4v) is 16.3. The highest BCUT2D eigenvalue weighted by Crippen LogP contribution is 2.44. The second kappa shape index (κ2) is 36.0. The summed E-state index contributed by atoms with van der Waals surface area (Å²) in [5.74, 6) is -10.4. The molecule has 3 heterocycles. The fraction of sp³-hybridized carbons (Fsp3) is 0.831. The van der Waals surface area contributed by atoms with E-state index in [1.165, 1.54) is 90.6 Å². The van der Waals surface area contributed by atoms with Crippen LogP contribution in [-0.2, 0) is 57.5 Å². The number of amides is 12. The maximum Gasteiger partial charge on any atom is 0.393 e.